The fraction of sp³-hybridized carbons (Fsp3) is 0.400. The second kappa shape index (κ2) is 8.57. The van der Waals surface area contributed by atoms with Crippen molar-refractivity contribution in [2.45, 2.75) is 32.6 Å². The van der Waals surface area contributed by atoms with Crippen molar-refractivity contribution in [3.63, 3.8) is 0 Å². The zero-order valence-electron chi connectivity index (χ0n) is 10.5. The molecule has 1 N–H and O–H groups in total. The molecule has 1 aromatic carbocycles. The number of nitrogens with one attached hydrogen (secondary N) is 1. The summed E-state index contributed by atoms with van der Waals surface area (Å²) in [4.78, 5) is 10.3. The standard InChI is InChI=1S/C15H21NO/c1-2-3-4-5-12-16-15-10-8-14(9-11-15)7-6-13-17/h3-4,8-11,13,16H,2,5-7,12H2,1H3. The van der Waals surface area contributed by atoms with Crippen molar-refractivity contribution in [3.8, 4) is 0 Å². The SMILES string of the molecule is CCC=CCCNc1ccc(CCC=O)cc1. The van der Waals surface area contributed by atoms with Crippen LogP contribution in [-0.4, -0.2) is 12.8 Å². The quantitative estimate of drug-likeness (QED) is 0.421. The highest BCUT2D eigenvalue weighted by molar-refractivity contribution is 5.51. The van der Waals surface area contributed by atoms with Gasteiger partial charge in [-0.15, -0.1) is 0 Å². The number of allylic oxidation sites excluding steroid dienone is 1. The number of carbonyl (C=O) groups excluding carboxylic acids is 1. The van der Waals surface area contributed by atoms with Crippen LogP contribution in [0.5, 0.6) is 0 Å². The van der Waals surface area contributed by atoms with Gasteiger partial charge < -0.3 is 10.1 Å². The largest absolute Gasteiger partial charge is 0.385 e. The van der Waals surface area contributed by atoms with Gasteiger partial charge in [0.15, 0.2) is 0 Å². The van der Waals surface area contributed by atoms with Gasteiger partial charge in [-0.25, -0.2) is 0 Å². The lowest BCUT2D eigenvalue weighted by Crippen LogP contribution is -2.00. The molecule has 2 heteroatoms. The van der Waals surface area contributed by atoms with Crippen molar-refractivity contribution < 1.29 is 4.79 Å². The number of aryl methyl sites for hydroxylation is 1. The molecule has 17 heavy (non-hydrogen) atoms. The second-order valence-corrected chi connectivity index (χ2v) is 4.00. The van der Waals surface area contributed by atoms with Crippen molar-refractivity contribution in [2.75, 3.05) is 11.9 Å². The molecule has 0 aliphatic rings. The third-order valence-electron chi connectivity index (χ3n) is 2.55. The van der Waals surface area contributed by atoms with Gasteiger partial charge in [-0.1, -0.05) is 31.2 Å². The van der Waals surface area contributed by atoms with Crippen LogP contribution in [0.4, 0.5) is 5.69 Å². The highest BCUT2D eigenvalue weighted by Gasteiger charge is 1.93. The van der Waals surface area contributed by atoms with Crippen molar-refractivity contribution in [3.05, 3.63) is 42.0 Å². The number of hydrogen-bond donors (Lipinski definition) is 1. The van der Waals surface area contributed by atoms with E-state index in [1.54, 1.807) is 0 Å². The smallest absolute Gasteiger partial charge is 0.120 e. The average molecular weight is 231 g/mol. The Morgan fingerprint density at radius 3 is 2.53 bits per heavy atom. The zero-order valence-corrected chi connectivity index (χ0v) is 10.5. The Labute approximate surface area is 104 Å². The third kappa shape index (κ3) is 5.91. The number of anilines is 1. The highest BCUT2D eigenvalue weighted by Crippen LogP contribution is 2.10. The molecule has 0 fully saturated rings. The fourth-order valence-electron chi connectivity index (χ4n) is 1.60. The van der Waals surface area contributed by atoms with Crippen molar-refractivity contribution in [1.82, 2.24) is 0 Å². The minimum absolute atomic E-state index is 0.606. The summed E-state index contributed by atoms with van der Waals surface area (Å²) in [5, 5.41) is 3.37. The van der Waals surface area contributed by atoms with E-state index in [4.69, 9.17) is 0 Å². The van der Waals surface area contributed by atoms with Crippen LogP contribution in [0, 0.1) is 0 Å². The van der Waals surface area contributed by atoms with E-state index in [1.807, 2.05) is 0 Å². The number of carbonyl (C=O) groups is 1. The molecule has 1 rings (SSSR count). The van der Waals surface area contributed by atoms with E-state index in [0.717, 1.165) is 37.8 Å². The monoisotopic (exact) mass is 231 g/mol. The summed E-state index contributed by atoms with van der Waals surface area (Å²) >= 11 is 0. The van der Waals surface area contributed by atoms with Gasteiger partial charge in [-0.2, -0.15) is 0 Å². The Bertz CT molecular complexity index is 340. The van der Waals surface area contributed by atoms with Crippen molar-refractivity contribution >= 4 is 12.0 Å². The highest BCUT2D eigenvalue weighted by atomic mass is 16.1. The molecule has 0 bridgehead atoms. The molecule has 1 aromatic rings. The fourth-order valence-corrected chi connectivity index (χ4v) is 1.60. The average Bonchev–Trinajstić information content (AvgIpc) is 2.37. The Morgan fingerprint density at radius 1 is 1.12 bits per heavy atom. The predicted octanol–water partition coefficient (Wildman–Crippen LogP) is 3.59. The van der Waals surface area contributed by atoms with E-state index in [0.29, 0.717) is 6.42 Å². The van der Waals surface area contributed by atoms with Crippen LogP contribution in [0.3, 0.4) is 0 Å². The minimum atomic E-state index is 0.606. The first-order valence-electron chi connectivity index (χ1n) is 6.28. The van der Waals surface area contributed by atoms with E-state index in [9.17, 15) is 4.79 Å². The Balaban J connectivity index is 2.29. The van der Waals surface area contributed by atoms with Crippen LogP contribution in [0.25, 0.3) is 0 Å². The topological polar surface area (TPSA) is 29.1 Å². The maximum atomic E-state index is 10.3. The minimum Gasteiger partial charge on any atom is -0.385 e. The van der Waals surface area contributed by atoms with Crippen molar-refractivity contribution in [2.24, 2.45) is 0 Å². The normalized spacial score (nSPS) is 10.6. The van der Waals surface area contributed by atoms with Gasteiger partial charge in [0, 0.05) is 18.7 Å². The van der Waals surface area contributed by atoms with Gasteiger partial charge in [0.2, 0.25) is 0 Å². The number of hydrogen-bond acceptors (Lipinski definition) is 2. The van der Waals surface area contributed by atoms with E-state index >= 15 is 0 Å². The molecular formula is C15H21NO. The van der Waals surface area contributed by atoms with Crippen LogP contribution in [0.2, 0.25) is 0 Å². The molecule has 0 aromatic heterocycles. The van der Waals surface area contributed by atoms with Gasteiger partial charge in [-0.3, -0.25) is 0 Å². The lowest BCUT2D eigenvalue weighted by atomic mass is 10.1. The van der Waals surface area contributed by atoms with Crippen LogP contribution in [-0.2, 0) is 11.2 Å². The van der Waals surface area contributed by atoms with Gasteiger partial charge in [0.25, 0.3) is 0 Å². The Kier molecular flexibility index (Phi) is 6.80. The molecule has 0 amide bonds. The van der Waals surface area contributed by atoms with Gasteiger partial charge in [0.05, 0.1) is 0 Å². The molecule has 0 saturated carbocycles. The first-order chi connectivity index (χ1) is 8.36. The molecule has 0 aliphatic carbocycles. The molecule has 0 saturated heterocycles. The summed E-state index contributed by atoms with van der Waals surface area (Å²) in [6.07, 6.45) is 8.95. The first kappa shape index (κ1) is 13.5. The van der Waals surface area contributed by atoms with Gasteiger partial charge >= 0.3 is 0 Å². The molecule has 0 atom stereocenters. The molecule has 0 unspecified atom stereocenters. The molecule has 0 spiro atoms. The Morgan fingerprint density at radius 2 is 1.88 bits per heavy atom. The summed E-state index contributed by atoms with van der Waals surface area (Å²) < 4.78 is 0. The predicted molar refractivity (Wildman–Crippen MR) is 73.4 cm³/mol. The Hall–Kier alpha value is -1.57. The van der Waals surface area contributed by atoms with Crippen molar-refractivity contribution in [1.29, 1.82) is 0 Å². The summed E-state index contributed by atoms with van der Waals surface area (Å²) in [5.41, 5.74) is 2.36. The summed E-state index contributed by atoms with van der Waals surface area (Å²) in [6, 6.07) is 8.30. The number of rotatable bonds is 8. The summed E-state index contributed by atoms with van der Waals surface area (Å²) in [6.45, 7) is 3.10. The third-order valence-corrected chi connectivity index (χ3v) is 2.55. The lowest BCUT2D eigenvalue weighted by molar-refractivity contribution is -0.107. The zero-order chi connectivity index (χ0) is 12.3. The molecule has 0 radical (unpaired) electrons. The van der Waals surface area contributed by atoms with E-state index in [2.05, 4.69) is 48.7 Å². The molecule has 0 heterocycles. The maximum absolute atomic E-state index is 10.3. The van der Waals surface area contributed by atoms with Crippen LogP contribution in [0.15, 0.2) is 36.4 Å². The van der Waals surface area contributed by atoms with Crippen LogP contribution >= 0.6 is 0 Å². The molecule has 92 valence electrons. The first-order valence-corrected chi connectivity index (χ1v) is 6.28. The van der Waals surface area contributed by atoms with E-state index < -0.39 is 0 Å². The maximum Gasteiger partial charge on any atom is 0.120 e. The lowest BCUT2D eigenvalue weighted by Gasteiger charge is -2.05. The molecule has 2 nitrogen and oxygen atoms in total. The van der Waals surface area contributed by atoms with Crippen LogP contribution in [0.1, 0.15) is 31.7 Å². The summed E-state index contributed by atoms with van der Waals surface area (Å²) in [7, 11) is 0. The summed E-state index contributed by atoms with van der Waals surface area (Å²) in [5.74, 6) is 0. The van der Waals surface area contributed by atoms with Gasteiger partial charge in [0.1, 0.15) is 6.29 Å². The van der Waals surface area contributed by atoms with Gasteiger partial charge in [-0.05, 0) is 37.0 Å². The molecule has 0 aliphatic heterocycles. The van der Waals surface area contributed by atoms with E-state index in [-0.39, 0.29) is 0 Å². The number of benzene rings is 1. The molecular weight excluding hydrogens is 210 g/mol. The van der Waals surface area contributed by atoms with Crippen LogP contribution < -0.4 is 5.32 Å². The van der Waals surface area contributed by atoms with E-state index in [1.165, 1.54) is 5.56 Å². The number of aldehydes is 1. The second-order valence-electron chi connectivity index (χ2n) is 4.00.